The molecule has 6 nitrogen and oxygen atoms in total. The Morgan fingerprint density at radius 1 is 1.13 bits per heavy atom. The molecule has 0 aliphatic heterocycles. The van der Waals surface area contributed by atoms with Crippen molar-refractivity contribution in [1.82, 2.24) is 10.3 Å². The number of carbonyl (C=O) groups excluding carboxylic acids is 1. The van der Waals surface area contributed by atoms with E-state index in [1.165, 1.54) is 0 Å². The highest BCUT2D eigenvalue weighted by Gasteiger charge is 2.24. The van der Waals surface area contributed by atoms with Crippen LogP contribution in [0.3, 0.4) is 0 Å². The Labute approximate surface area is 181 Å². The topological polar surface area (TPSA) is 118 Å². The number of aromatic nitrogens is 1. The van der Waals surface area contributed by atoms with Crippen LogP contribution in [0.5, 0.6) is 0 Å². The van der Waals surface area contributed by atoms with E-state index in [1.54, 1.807) is 6.07 Å². The molecule has 4 rings (SSSR count). The quantitative estimate of drug-likeness (QED) is 0.435. The van der Waals surface area contributed by atoms with E-state index in [1.807, 2.05) is 48.5 Å². The average molecular weight is 434 g/mol. The number of benzene rings is 2. The minimum atomic E-state index is -0.341. The number of carbonyl (C=O) groups is 1. The van der Waals surface area contributed by atoms with E-state index < -0.39 is 0 Å². The SMILES string of the molecule is N#Cc1c(N)nc2sc(C(=O)NCc3ccccc3Cl)c(N)c2c1-c1ccccc1. The zero-order valence-corrected chi connectivity index (χ0v) is 17.2. The van der Waals surface area contributed by atoms with Gasteiger partial charge in [-0.2, -0.15) is 5.26 Å². The van der Waals surface area contributed by atoms with Gasteiger partial charge in [-0.3, -0.25) is 4.79 Å². The van der Waals surface area contributed by atoms with E-state index in [2.05, 4.69) is 16.4 Å². The third-order valence-corrected chi connectivity index (χ3v) is 6.15. The predicted molar refractivity (Wildman–Crippen MR) is 121 cm³/mol. The molecule has 4 aromatic rings. The first kappa shape index (κ1) is 19.7. The molecule has 0 bridgehead atoms. The Bertz CT molecular complexity index is 1310. The summed E-state index contributed by atoms with van der Waals surface area (Å²) in [7, 11) is 0. The number of halogens is 1. The van der Waals surface area contributed by atoms with Crippen molar-refractivity contribution >= 4 is 50.6 Å². The highest BCUT2D eigenvalue weighted by molar-refractivity contribution is 7.21. The lowest BCUT2D eigenvalue weighted by molar-refractivity contribution is 0.0956. The molecular formula is C22H16ClN5OS. The maximum absolute atomic E-state index is 12.9. The van der Waals surface area contributed by atoms with E-state index >= 15 is 0 Å². The summed E-state index contributed by atoms with van der Waals surface area (Å²) in [6.07, 6.45) is 0. The molecule has 30 heavy (non-hydrogen) atoms. The second kappa shape index (κ2) is 8.03. The summed E-state index contributed by atoms with van der Waals surface area (Å²) in [5.74, 6) is -0.236. The van der Waals surface area contributed by atoms with Crippen LogP contribution >= 0.6 is 22.9 Å². The predicted octanol–water partition coefficient (Wildman–Crippen LogP) is 4.58. The van der Waals surface area contributed by atoms with Crippen molar-refractivity contribution in [1.29, 1.82) is 5.26 Å². The fourth-order valence-corrected chi connectivity index (χ4v) is 4.47. The van der Waals surface area contributed by atoms with Gasteiger partial charge in [0.05, 0.1) is 5.69 Å². The normalized spacial score (nSPS) is 10.7. The summed E-state index contributed by atoms with van der Waals surface area (Å²) in [5, 5.41) is 13.6. The van der Waals surface area contributed by atoms with Gasteiger partial charge in [0.1, 0.15) is 27.2 Å². The number of nitrogens with zero attached hydrogens (tertiary/aromatic N) is 2. The number of amides is 1. The fourth-order valence-electron chi connectivity index (χ4n) is 3.24. The van der Waals surface area contributed by atoms with E-state index in [-0.39, 0.29) is 29.5 Å². The van der Waals surface area contributed by atoms with Crippen molar-refractivity contribution in [2.75, 3.05) is 11.5 Å². The van der Waals surface area contributed by atoms with Gasteiger partial charge in [-0.25, -0.2) is 4.98 Å². The monoisotopic (exact) mass is 433 g/mol. The molecule has 1 amide bonds. The molecule has 2 aromatic carbocycles. The largest absolute Gasteiger partial charge is 0.397 e. The Morgan fingerprint density at radius 3 is 2.53 bits per heavy atom. The Hall–Kier alpha value is -3.60. The molecule has 0 spiro atoms. The lowest BCUT2D eigenvalue weighted by Crippen LogP contribution is -2.22. The molecular weight excluding hydrogens is 418 g/mol. The molecule has 8 heteroatoms. The van der Waals surface area contributed by atoms with E-state index in [9.17, 15) is 10.1 Å². The lowest BCUT2D eigenvalue weighted by atomic mass is 9.97. The second-order valence-electron chi connectivity index (χ2n) is 6.52. The number of nitrogen functional groups attached to an aromatic ring is 2. The first-order chi connectivity index (χ1) is 14.5. The van der Waals surface area contributed by atoms with E-state index in [0.717, 1.165) is 22.5 Å². The molecule has 0 fully saturated rings. The number of fused-ring (bicyclic) bond motifs is 1. The lowest BCUT2D eigenvalue weighted by Gasteiger charge is -2.09. The molecule has 0 atom stereocenters. The van der Waals surface area contributed by atoms with Crippen LogP contribution in [0.1, 0.15) is 20.8 Å². The molecule has 0 aliphatic rings. The number of hydrogen-bond donors (Lipinski definition) is 3. The standard InChI is InChI=1S/C22H16ClN5OS/c23-15-9-5-4-8-13(15)11-27-21(29)19-18(25)17-16(12-6-2-1-3-7-12)14(10-24)20(26)28-22(17)30-19/h1-9H,11,25H2,(H2,26,28)(H,27,29). The maximum Gasteiger partial charge on any atom is 0.263 e. The average Bonchev–Trinajstić information content (AvgIpc) is 3.08. The molecule has 0 radical (unpaired) electrons. The number of pyridine rings is 1. The van der Waals surface area contributed by atoms with E-state index in [0.29, 0.717) is 25.7 Å². The molecule has 2 heterocycles. The smallest absolute Gasteiger partial charge is 0.263 e. The number of rotatable bonds is 4. The van der Waals surface area contributed by atoms with Gasteiger partial charge in [-0.15, -0.1) is 11.3 Å². The van der Waals surface area contributed by atoms with Crippen LogP contribution in [0.15, 0.2) is 54.6 Å². The van der Waals surface area contributed by atoms with Crippen molar-refractivity contribution in [3.8, 4) is 17.2 Å². The van der Waals surface area contributed by atoms with Gasteiger partial charge in [-0.05, 0) is 17.2 Å². The van der Waals surface area contributed by atoms with Crippen molar-refractivity contribution in [3.05, 3.63) is 75.6 Å². The summed E-state index contributed by atoms with van der Waals surface area (Å²) in [5.41, 5.74) is 15.1. The maximum atomic E-state index is 12.9. The van der Waals surface area contributed by atoms with Crippen molar-refractivity contribution in [2.24, 2.45) is 0 Å². The van der Waals surface area contributed by atoms with Gasteiger partial charge in [0.2, 0.25) is 0 Å². The summed E-state index contributed by atoms with van der Waals surface area (Å²) in [6, 6.07) is 18.7. The zero-order chi connectivity index (χ0) is 21.3. The molecule has 148 valence electrons. The van der Waals surface area contributed by atoms with Crippen LogP contribution in [0.2, 0.25) is 5.02 Å². The molecule has 0 aliphatic carbocycles. The van der Waals surface area contributed by atoms with Crippen LogP contribution in [-0.4, -0.2) is 10.9 Å². The summed E-state index contributed by atoms with van der Waals surface area (Å²) >= 11 is 7.30. The fraction of sp³-hybridized carbons (Fsp3) is 0.0455. The van der Waals surface area contributed by atoms with Crippen molar-refractivity contribution in [2.45, 2.75) is 6.54 Å². The minimum absolute atomic E-state index is 0.105. The number of thiophene rings is 1. The van der Waals surface area contributed by atoms with Crippen LogP contribution in [0.25, 0.3) is 21.3 Å². The number of nitrogens with two attached hydrogens (primary N) is 2. The van der Waals surface area contributed by atoms with Gasteiger partial charge in [0.25, 0.3) is 5.91 Å². The highest BCUT2D eigenvalue weighted by Crippen LogP contribution is 2.42. The molecule has 2 aromatic heterocycles. The Morgan fingerprint density at radius 2 is 1.83 bits per heavy atom. The Kier molecular flexibility index (Phi) is 5.27. The van der Waals surface area contributed by atoms with Gasteiger partial charge in [0, 0.05) is 22.5 Å². The highest BCUT2D eigenvalue weighted by atomic mass is 35.5. The first-order valence-electron chi connectivity index (χ1n) is 8.99. The van der Waals surface area contributed by atoms with Gasteiger partial charge >= 0.3 is 0 Å². The van der Waals surface area contributed by atoms with Gasteiger partial charge in [0.15, 0.2) is 0 Å². The minimum Gasteiger partial charge on any atom is -0.397 e. The van der Waals surface area contributed by atoms with Crippen LogP contribution in [0.4, 0.5) is 11.5 Å². The third kappa shape index (κ3) is 3.43. The summed E-state index contributed by atoms with van der Waals surface area (Å²) in [6.45, 7) is 0.261. The number of anilines is 2. The van der Waals surface area contributed by atoms with Crippen LogP contribution < -0.4 is 16.8 Å². The number of hydrogen-bond acceptors (Lipinski definition) is 6. The number of nitriles is 1. The molecule has 5 N–H and O–H groups in total. The van der Waals surface area contributed by atoms with Crippen molar-refractivity contribution < 1.29 is 4.79 Å². The third-order valence-electron chi connectivity index (χ3n) is 4.68. The van der Waals surface area contributed by atoms with Crippen LogP contribution in [0, 0.1) is 11.3 Å². The summed E-state index contributed by atoms with van der Waals surface area (Å²) in [4.78, 5) is 18.0. The zero-order valence-electron chi connectivity index (χ0n) is 15.6. The van der Waals surface area contributed by atoms with Crippen molar-refractivity contribution in [3.63, 3.8) is 0 Å². The van der Waals surface area contributed by atoms with E-state index in [4.69, 9.17) is 23.1 Å². The number of nitrogens with one attached hydrogen (secondary N) is 1. The van der Waals surface area contributed by atoms with Gasteiger partial charge in [-0.1, -0.05) is 60.1 Å². The first-order valence-corrected chi connectivity index (χ1v) is 10.2. The Balaban J connectivity index is 1.80. The molecule has 0 unspecified atom stereocenters. The summed E-state index contributed by atoms with van der Waals surface area (Å²) < 4.78 is 0. The molecule has 0 saturated carbocycles. The van der Waals surface area contributed by atoms with Crippen LogP contribution in [-0.2, 0) is 6.54 Å². The van der Waals surface area contributed by atoms with Gasteiger partial charge < -0.3 is 16.8 Å². The molecule has 0 saturated heterocycles. The second-order valence-corrected chi connectivity index (χ2v) is 7.93.